The van der Waals surface area contributed by atoms with Gasteiger partial charge in [-0.25, -0.2) is 19.4 Å². The minimum Gasteiger partial charge on any atom is -0.477 e. The average Bonchev–Trinajstić information content (AvgIpc) is 3.65. The number of hydrogen-bond donors (Lipinski definition) is 1. The van der Waals surface area contributed by atoms with Crippen molar-refractivity contribution < 1.29 is 14.6 Å². The Morgan fingerprint density at radius 1 is 1.00 bits per heavy atom. The lowest BCUT2D eigenvalue weighted by atomic mass is 9.81. The first kappa shape index (κ1) is 26.0. The van der Waals surface area contributed by atoms with Crippen molar-refractivity contribution in [3.05, 3.63) is 60.0 Å². The van der Waals surface area contributed by atoms with Gasteiger partial charge in [0.25, 0.3) is 0 Å². The van der Waals surface area contributed by atoms with Gasteiger partial charge in [-0.15, -0.1) is 0 Å². The van der Waals surface area contributed by atoms with Gasteiger partial charge in [-0.1, -0.05) is 12.5 Å². The van der Waals surface area contributed by atoms with Crippen molar-refractivity contribution in [2.45, 2.75) is 56.9 Å². The van der Waals surface area contributed by atoms with Crippen molar-refractivity contribution in [1.29, 1.82) is 0 Å². The van der Waals surface area contributed by atoms with E-state index >= 15 is 0 Å². The van der Waals surface area contributed by atoms with Crippen molar-refractivity contribution in [2.24, 2.45) is 0 Å². The molecule has 9 nitrogen and oxygen atoms in total. The summed E-state index contributed by atoms with van der Waals surface area (Å²) in [5, 5.41) is 16.1. The number of aromatic carboxylic acids is 1. The van der Waals surface area contributed by atoms with Crippen LogP contribution in [-0.2, 0) is 4.74 Å². The highest BCUT2D eigenvalue weighted by Gasteiger charge is 2.30. The Bertz CT molecular complexity index is 1570. The fourth-order valence-electron chi connectivity index (χ4n) is 6.44. The van der Waals surface area contributed by atoms with Gasteiger partial charge in [-0.05, 0) is 80.5 Å². The molecule has 0 unspecified atom stereocenters. The second-order valence-electron chi connectivity index (χ2n) is 11.6. The summed E-state index contributed by atoms with van der Waals surface area (Å²) in [6, 6.07) is 14.6. The molecule has 1 aromatic carbocycles. The zero-order valence-corrected chi connectivity index (χ0v) is 23.5. The molecule has 212 valence electrons. The molecule has 0 spiro atoms. The Labute approximate surface area is 239 Å². The van der Waals surface area contributed by atoms with E-state index in [2.05, 4.69) is 46.1 Å². The van der Waals surface area contributed by atoms with E-state index in [1.165, 1.54) is 19.3 Å². The molecule has 3 fully saturated rings. The summed E-state index contributed by atoms with van der Waals surface area (Å²) in [5.74, 6) is 0.183. The number of rotatable bonds is 7. The molecule has 1 aliphatic carbocycles. The van der Waals surface area contributed by atoms with Gasteiger partial charge < -0.3 is 19.6 Å². The maximum Gasteiger partial charge on any atom is 0.354 e. The van der Waals surface area contributed by atoms with E-state index in [1.807, 2.05) is 23.0 Å². The Morgan fingerprint density at radius 3 is 2.46 bits per heavy atom. The van der Waals surface area contributed by atoms with E-state index in [-0.39, 0.29) is 5.69 Å². The lowest BCUT2D eigenvalue weighted by Crippen LogP contribution is -2.37. The lowest BCUT2D eigenvalue weighted by molar-refractivity contribution is 0.0691. The van der Waals surface area contributed by atoms with Crippen LogP contribution in [0.4, 0.5) is 11.5 Å². The minimum absolute atomic E-state index is 0.00732. The molecule has 7 rings (SSSR count). The van der Waals surface area contributed by atoms with Crippen LogP contribution < -0.4 is 9.80 Å². The van der Waals surface area contributed by atoms with Crippen molar-refractivity contribution >= 4 is 28.5 Å². The third-order valence-corrected chi connectivity index (χ3v) is 9.08. The second-order valence-corrected chi connectivity index (χ2v) is 11.6. The molecular formula is C32H36N6O3. The van der Waals surface area contributed by atoms with Crippen LogP contribution >= 0.6 is 0 Å². The zero-order valence-electron chi connectivity index (χ0n) is 23.5. The summed E-state index contributed by atoms with van der Waals surface area (Å²) >= 11 is 0. The van der Waals surface area contributed by atoms with Crippen LogP contribution in [0.5, 0.6) is 0 Å². The molecule has 9 heteroatoms. The molecule has 3 aromatic heterocycles. The summed E-state index contributed by atoms with van der Waals surface area (Å²) in [6.07, 6.45) is 9.55. The summed E-state index contributed by atoms with van der Waals surface area (Å²) < 4.78 is 7.39. The number of nitrogens with zero attached hydrogens (tertiary/aromatic N) is 6. The third-order valence-electron chi connectivity index (χ3n) is 9.08. The molecule has 41 heavy (non-hydrogen) atoms. The van der Waals surface area contributed by atoms with Crippen molar-refractivity contribution in [3.8, 4) is 16.8 Å². The molecule has 3 aliphatic rings. The lowest BCUT2D eigenvalue weighted by Gasteiger charge is -2.32. The number of anilines is 2. The van der Waals surface area contributed by atoms with Gasteiger partial charge >= 0.3 is 5.97 Å². The van der Waals surface area contributed by atoms with Gasteiger partial charge in [0.1, 0.15) is 5.82 Å². The maximum atomic E-state index is 12.3. The second kappa shape index (κ2) is 10.8. The van der Waals surface area contributed by atoms with Gasteiger partial charge in [0.05, 0.1) is 16.8 Å². The smallest absolute Gasteiger partial charge is 0.354 e. The fraction of sp³-hybridized carbons (Fsp3) is 0.438. The molecule has 4 aromatic rings. The van der Waals surface area contributed by atoms with Crippen LogP contribution in [0.15, 0.2) is 48.7 Å². The van der Waals surface area contributed by atoms with Gasteiger partial charge in [0.15, 0.2) is 11.3 Å². The SMILES string of the molecule is CN(c1ccc(-c2cc(C(=O)O)nc3c2c(C2CCC2)nn3-c2cccc(N3CCCC3)c2)cn1)C1CCOCC1. The molecule has 1 N–H and O–H groups in total. The van der Waals surface area contributed by atoms with Crippen LogP contribution in [0, 0.1) is 0 Å². The highest BCUT2D eigenvalue weighted by Crippen LogP contribution is 2.43. The number of aromatic nitrogens is 4. The maximum absolute atomic E-state index is 12.3. The molecule has 0 radical (unpaired) electrons. The van der Waals surface area contributed by atoms with Crippen LogP contribution in [0.25, 0.3) is 27.8 Å². The number of carbonyl (C=O) groups is 1. The van der Waals surface area contributed by atoms with Gasteiger partial charge in [0, 0.05) is 62.8 Å². The molecule has 1 saturated carbocycles. The first-order valence-electron chi connectivity index (χ1n) is 14.9. The molecule has 2 aliphatic heterocycles. The number of benzene rings is 1. The Hall–Kier alpha value is -3.98. The van der Waals surface area contributed by atoms with Crippen molar-refractivity contribution in [2.75, 3.05) is 43.2 Å². The number of hydrogen-bond acceptors (Lipinski definition) is 7. The highest BCUT2D eigenvalue weighted by molar-refractivity contribution is 6.00. The van der Waals surface area contributed by atoms with Crippen LogP contribution in [0.2, 0.25) is 0 Å². The van der Waals surface area contributed by atoms with Crippen molar-refractivity contribution in [3.63, 3.8) is 0 Å². The minimum atomic E-state index is -1.05. The molecule has 5 heterocycles. The Kier molecular flexibility index (Phi) is 6.82. The number of fused-ring (bicyclic) bond motifs is 1. The molecule has 2 saturated heterocycles. The molecular weight excluding hydrogens is 516 g/mol. The van der Waals surface area contributed by atoms with Crippen molar-refractivity contribution in [1.82, 2.24) is 19.7 Å². The number of carboxylic acids is 1. The van der Waals surface area contributed by atoms with Crippen LogP contribution in [-0.4, -0.2) is 70.2 Å². The van der Waals surface area contributed by atoms with Gasteiger partial charge in [-0.2, -0.15) is 5.10 Å². The van der Waals surface area contributed by atoms with E-state index in [1.54, 1.807) is 6.07 Å². The summed E-state index contributed by atoms with van der Waals surface area (Å²) in [4.78, 5) is 26.4. The number of carboxylic acid groups (broad SMARTS) is 1. The van der Waals surface area contributed by atoms with E-state index in [0.29, 0.717) is 17.6 Å². The van der Waals surface area contributed by atoms with Crippen LogP contribution in [0.3, 0.4) is 0 Å². The average molecular weight is 553 g/mol. The molecule has 0 bridgehead atoms. The summed E-state index contributed by atoms with van der Waals surface area (Å²) in [7, 11) is 2.08. The largest absolute Gasteiger partial charge is 0.477 e. The highest BCUT2D eigenvalue weighted by atomic mass is 16.5. The zero-order chi connectivity index (χ0) is 27.9. The monoisotopic (exact) mass is 552 g/mol. The van der Waals surface area contributed by atoms with E-state index in [0.717, 1.165) is 91.4 Å². The normalized spacial score (nSPS) is 18.1. The summed E-state index contributed by atoms with van der Waals surface area (Å²) in [6.45, 7) is 3.65. The Balaban J connectivity index is 1.35. The number of ether oxygens (including phenoxy) is 1. The first-order valence-corrected chi connectivity index (χ1v) is 14.9. The van der Waals surface area contributed by atoms with Crippen LogP contribution in [0.1, 0.15) is 67.0 Å². The Morgan fingerprint density at radius 2 is 1.78 bits per heavy atom. The number of pyridine rings is 2. The van der Waals surface area contributed by atoms with Gasteiger partial charge in [-0.3, -0.25) is 0 Å². The fourth-order valence-corrected chi connectivity index (χ4v) is 6.44. The van der Waals surface area contributed by atoms with E-state index in [9.17, 15) is 9.90 Å². The van der Waals surface area contributed by atoms with E-state index in [4.69, 9.17) is 14.8 Å². The summed E-state index contributed by atoms with van der Waals surface area (Å²) in [5.41, 5.74) is 5.35. The quantitative estimate of drug-likeness (QED) is 0.314. The topological polar surface area (TPSA) is 96.6 Å². The first-order chi connectivity index (χ1) is 20.1. The standard InChI is InChI=1S/C32H36N6O3/c1-36(23-12-16-41-17-13-23)28-11-10-22(20-33-28)26-19-27(32(39)40)34-31-29(26)30(21-6-4-7-21)35-38(31)25-9-5-8-24(18-25)37-14-2-3-15-37/h5,8-11,18-21,23H,2-4,6-7,12-17H2,1H3,(H,39,40). The molecule has 0 atom stereocenters. The third kappa shape index (κ3) is 4.82. The van der Waals surface area contributed by atoms with E-state index < -0.39 is 5.97 Å². The predicted molar refractivity (Wildman–Crippen MR) is 159 cm³/mol. The predicted octanol–water partition coefficient (Wildman–Crippen LogP) is 5.66. The van der Waals surface area contributed by atoms with Gasteiger partial charge in [0.2, 0.25) is 0 Å². The molecule has 0 amide bonds.